The smallest absolute Gasteiger partial charge is 0.191 e. The summed E-state index contributed by atoms with van der Waals surface area (Å²) in [7, 11) is 3.61. The summed E-state index contributed by atoms with van der Waals surface area (Å²) in [6, 6.07) is 8.83. The Morgan fingerprint density at radius 1 is 1.16 bits per heavy atom. The number of halogens is 1. The second-order valence-corrected chi connectivity index (χ2v) is 8.65. The van der Waals surface area contributed by atoms with Crippen molar-refractivity contribution in [3.63, 3.8) is 0 Å². The number of methoxy groups -OCH3 is 1. The number of nitrogens with one attached hydrogen (secondary N) is 2. The van der Waals surface area contributed by atoms with E-state index in [2.05, 4.69) is 50.5 Å². The molecule has 1 aromatic rings. The fourth-order valence-electron chi connectivity index (χ4n) is 4.75. The van der Waals surface area contributed by atoms with Gasteiger partial charge in [0.1, 0.15) is 5.75 Å². The van der Waals surface area contributed by atoms with Crippen molar-refractivity contribution in [2.75, 3.05) is 60.0 Å². The first-order valence-electron chi connectivity index (χ1n) is 11.8. The van der Waals surface area contributed by atoms with Crippen LogP contribution >= 0.6 is 24.0 Å². The van der Waals surface area contributed by atoms with E-state index in [1.54, 1.807) is 7.11 Å². The summed E-state index contributed by atoms with van der Waals surface area (Å²) < 4.78 is 5.46. The number of benzene rings is 1. The van der Waals surface area contributed by atoms with Gasteiger partial charge in [-0.1, -0.05) is 19.1 Å². The Kier molecular flexibility index (Phi) is 12.0. The van der Waals surface area contributed by atoms with Crippen molar-refractivity contribution in [2.45, 2.75) is 45.1 Å². The van der Waals surface area contributed by atoms with Crippen molar-refractivity contribution >= 4 is 29.9 Å². The predicted molar refractivity (Wildman–Crippen MR) is 141 cm³/mol. The third kappa shape index (κ3) is 8.09. The highest BCUT2D eigenvalue weighted by Crippen LogP contribution is 2.27. The normalized spacial score (nSPS) is 19.6. The first kappa shape index (κ1) is 26.2. The van der Waals surface area contributed by atoms with Crippen LogP contribution in [-0.2, 0) is 0 Å². The molecule has 2 fully saturated rings. The van der Waals surface area contributed by atoms with Gasteiger partial charge in [-0.15, -0.1) is 24.0 Å². The number of hydrogen-bond acceptors (Lipinski definition) is 4. The lowest BCUT2D eigenvalue weighted by Gasteiger charge is -2.32. The number of piperidine rings is 1. The quantitative estimate of drug-likeness (QED) is 0.283. The molecule has 2 aliphatic heterocycles. The van der Waals surface area contributed by atoms with Gasteiger partial charge in [-0.2, -0.15) is 0 Å². The third-order valence-corrected chi connectivity index (χ3v) is 6.55. The van der Waals surface area contributed by atoms with E-state index in [0.717, 1.165) is 43.8 Å². The molecular weight excluding hydrogens is 501 g/mol. The Morgan fingerprint density at radius 3 is 2.55 bits per heavy atom. The number of guanidine groups is 1. The lowest BCUT2D eigenvalue weighted by Crippen LogP contribution is -2.45. The first-order chi connectivity index (χ1) is 14.7. The standard InChI is InChI=1S/C24H41N5O.HI/c1-4-12-28-15-10-20(11-16-28)18-26-24(25-2)27-19-23(29-13-5-6-14-29)21-8-7-9-22(17-21)30-3;/h7-9,17,20,23H,4-6,10-16,18-19H2,1-3H3,(H2,25,26,27);1H. The number of aliphatic imine (C=N–C) groups is 1. The topological polar surface area (TPSA) is 52.1 Å². The summed E-state index contributed by atoms with van der Waals surface area (Å²) in [6.07, 6.45) is 6.38. The van der Waals surface area contributed by atoms with Crippen molar-refractivity contribution in [3.05, 3.63) is 29.8 Å². The van der Waals surface area contributed by atoms with Gasteiger partial charge in [0, 0.05) is 20.1 Å². The van der Waals surface area contributed by atoms with E-state index < -0.39 is 0 Å². The summed E-state index contributed by atoms with van der Waals surface area (Å²) in [6.45, 7) is 10.2. The van der Waals surface area contributed by atoms with Crippen LogP contribution in [0.15, 0.2) is 29.3 Å². The van der Waals surface area contributed by atoms with E-state index in [-0.39, 0.29) is 24.0 Å². The Morgan fingerprint density at radius 2 is 1.90 bits per heavy atom. The summed E-state index contributed by atoms with van der Waals surface area (Å²) in [5.41, 5.74) is 1.31. The molecule has 6 nitrogen and oxygen atoms in total. The minimum absolute atomic E-state index is 0. The SMILES string of the molecule is CCCN1CCC(CNC(=NC)NCC(c2cccc(OC)c2)N2CCCC2)CC1.I. The number of likely N-dealkylation sites (tertiary alicyclic amines) is 2. The molecule has 2 heterocycles. The molecule has 176 valence electrons. The average molecular weight is 544 g/mol. The molecule has 0 spiro atoms. The molecule has 0 aromatic heterocycles. The minimum Gasteiger partial charge on any atom is -0.497 e. The number of nitrogens with zero attached hydrogens (tertiary/aromatic N) is 3. The van der Waals surface area contributed by atoms with Crippen LogP contribution in [0.1, 0.15) is 50.6 Å². The van der Waals surface area contributed by atoms with Gasteiger partial charge in [-0.05, 0) is 88.4 Å². The van der Waals surface area contributed by atoms with Crippen molar-refractivity contribution in [1.82, 2.24) is 20.4 Å². The van der Waals surface area contributed by atoms with Crippen LogP contribution < -0.4 is 15.4 Å². The Bertz CT molecular complexity index is 657. The van der Waals surface area contributed by atoms with E-state index in [0.29, 0.717) is 6.04 Å². The molecule has 1 atom stereocenters. The number of rotatable bonds is 9. The third-order valence-electron chi connectivity index (χ3n) is 6.55. The summed E-state index contributed by atoms with van der Waals surface area (Å²) in [5, 5.41) is 7.18. The first-order valence-corrected chi connectivity index (χ1v) is 11.8. The van der Waals surface area contributed by atoms with Crippen LogP contribution in [0.4, 0.5) is 0 Å². The van der Waals surface area contributed by atoms with Crippen LogP contribution in [0, 0.1) is 5.92 Å². The number of ether oxygens (including phenoxy) is 1. The second kappa shape index (κ2) is 14.2. The van der Waals surface area contributed by atoms with Gasteiger partial charge in [0.05, 0.1) is 13.2 Å². The molecule has 0 aliphatic carbocycles. The van der Waals surface area contributed by atoms with E-state index >= 15 is 0 Å². The monoisotopic (exact) mass is 543 g/mol. The molecule has 31 heavy (non-hydrogen) atoms. The fourth-order valence-corrected chi connectivity index (χ4v) is 4.75. The Labute approximate surface area is 206 Å². The Balaban J connectivity index is 0.00000341. The van der Waals surface area contributed by atoms with Crippen LogP contribution in [0.25, 0.3) is 0 Å². The van der Waals surface area contributed by atoms with Gasteiger partial charge in [-0.25, -0.2) is 0 Å². The molecule has 2 saturated heterocycles. The molecule has 0 bridgehead atoms. The molecule has 3 rings (SSSR count). The minimum atomic E-state index is 0. The maximum atomic E-state index is 5.46. The van der Waals surface area contributed by atoms with Gasteiger partial charge in [-0.3, -0.25) is 9.89 Å². The zero-order valence-electron chi connectivity index (χ0n) is 19.6. The van der Waals surface area contributed by atoms with E-state index in [1.165, 1.54) is 57.3 Å². The maximum Gasteiger partial charge on any atom is 0.191 e. The molecule has 0 amide bonds. The maximum absolute atomic E-state index is 5.46. The van der Waals surface area contributed by atoms with Gasteiger partial charge in [0.2, 0.25) is 0 Å². The summed E-state index contributed by atoms with van der Waals surface area (Å²) >= 11 is 0. The van der Waals surface area contributed by atoms with Crippen LogP contribution in [-0.4, -0.2) is 75.7 Å². The molecule has 2 N–H and O–H groups in total. The van der Waals surface area contributed by atoms with Gasteiger partial charge in [0.15, 0.2) is 5.96 Å². The lowest BCUT2D eigenvalue weighted by atomic mass is 9.97. The molecule has 1 unspecified atom stereocenters. The zero-order chi connectivity index (χ0) is 21.2. The molecule has 0 radical (unpaired) electrons. The van der Waals surface area contributed by atoms with E-state index in [1.807, 2.05) is 13.1 Å². The fraction of sp³-hybridized carbons (Fsp3) is 0.708. The van der Waals surface area contributed by atoms with Crippen LogP contribution in [0.2, 0.25) is 0 Å². The Hall–Kier alpha value is -1.06. The number of hydrogen-bond donors (Lipinski definition) is 2. The highest BCUT2D eigenvalue weighted by Gasteiger charge is 2.24. The van der Waals surface area contributed by atoms with Crippen molar-refractivity contribution in [1.29, 1.82) is 0 Å². The van der Waals surface area contributed by atoms with Gasteiger partial charge in [0.25, 0.3) is 0 Å². The molecular formula is C24H42IN5O. The van der Waals surface area contributed by atoms with Crippen molar-refractivity contribution < 1.29 is 4.74 Å². The largest absolute Gasteiger partial charge is 0.497 e. The highest BCUT2D eigenvalue weighted by molar-refractivity contribution is 14.0. The predicted octanol–water partition coefficient (Wildman–Crippen LogP) is 3.74. The zero-order valence-corrected chi connectivity index (χ0v) is 21.9. The summed E-state index contributed by atoms with van der Waals surface area (Å²) in [5.74, 6) is 2.58. The van der Waals surface area contributed by atoms with E-state index in [9.17, 15) is 0 Å². The van der Waals surface area contributed by atoms with Gasteiger partial charge >= 0.3 is 0 Å². The molecule has 0 saturated carbocycles. The lowest BCUT2D eigenvalue weighted by molar-refractivity contribution is 0.185. The second-order valence-electron chi connectivity index (χ2n) is 8.65. The van der Waals surface area contributed by atoms with Crippen LogP contribution in [0.5, 0.6) is 5.75 Å². The van der Waals surface area contributed by atoms with Crippen LogP contribution in [0.3, 0.4) is 0 Å². The summed E-state index contributed by atoms with van der Waals surface area (Å²) in [4.78, 5) is 9.66. The van der Waals surface area contributed by atoms with Gasteiger partial charge < -0.3 is 20.3 Å². The average Bonchev–Trinajstić information content (AvgIpc) is 3.32. The molecule has 7 heteroatoms. The highest BCUT2D eigenvalue weighted by atomic mass is 127. The molecule has 1 aromatic carbocycles. The molecule has 2 aliphatic rings. The van der Waals surface area contributed by atoms with E-state index in [4.69, 9.17) is 4.74 Å². The van der Waals surface area contributed by atoms with Crippen molar-refractivity contribution in [2.24, 2.45) is 10.9 Å². The van der Waals surface area contributed by atoms with Crippen molar-refractivity contribution in [3.8, 4) is 5.75 Å².